The Labute approximate surface area is 141 Å². The number of hydrogen-bond donors (Lipinski definition) is 2. The first kappa shape index (κ1) is 16.6. The normalized spacial score (nSPS) is 15.4. The number of aliphatic hydroxyl groups excluding tert-OH is 1. The van der Waals surface area contributed by atoms with Crippen molar-refractivity contribution in [3.05, 3.63) is 65.7 Å². The van der Waals surface area contributed by atoms with Gasteiger partial charge in [-0.05, 0) is 43.7 Å². The molecule has 2 aromatic carbocycles. The first-order valence-corrected chi connectivity index (χ1v) is 8.08. The highest BCUT2D eigenvalue weighted by Gasteiger charge is 2.21. The lowest BCUT2D eigenvalue weighted by atomic mass is 10.0. The second-order valence-electron chi connectivity index (χ2n) is 6.19. The Morgan fingerprint density at radius 2 is 1.75 bits per heavy atom. The van der Waals surface area contributed by atoms with Crippen LogP contribution in [0.4, 0.5) is 4.39 Å². The number of aromatic nitrogens is 2. The zero-order chi connectivity index (χ0) is 17.3. The monoisotopic (exact) mass is 327 g/mol. The van der Waals surface area contributed by atoms with Crippen LogP contribution in [0.3, 0.4) is 0 Å². The lowest BCUT2D eigenvalue weighted by Gasteiger charge is -2.24. The number of fused-ring (bicyclic) bond motifs is 1. The highest BCUT2D eigenvalue weighted by atomic mass is 19.1. The maximum Gasteiger partial charge on any atom is 0.126 e. The Kier molecular flexibility index (Phi) is 4.64. The van der Waals surface area contributed by atoms with Crippen molar-refractivity contribution in [2.75, 3.05) is 0 Å². The zero-order valence-electron chi connectivity index (χ0n) is 14.1. The van der Waals surface area contributed by atoms with Crippen molar-refractivity contribution in [1.29, 1.82) is 0 Å². The molecule has 0 aliphatic rings. The first-order valence-electron chi connectivity index (χ1n) is 8.08. The number of para-hydroxylation sites is 2. The first-order chi connectivity index (χ1) is 11.5. The fraction of sp³-hybridized carbons (Fsp3) is 0.316. The van der Waals surface area contributed by atoms with E-state index in [-0.39, 0.29) is 17.9 Å². The lowest BCUT2D eigenvalue weighted by molar-refractivity contribution is 0.129. The van der Waals surface area contributed by atoms with E-state index in [1.807, 2.05) is 45.2 Å². The Morgan fingerprint density at radius 1 is 1.08 bits per heavy atom. The van der Waals surface area contributed by atoms with Crippen LogP contribution in [-0.2, 0) is 7.05 Å². The number of nitrogens with zero attached hydrogens (tertiary/aromatic N) is 2. The predicted molar refractivity (Wildman–Crippen MR) is 93.1 cm³/mol. The summed E-state index contributed by atoms with van der Waals surface area (Å²) in [5.74, 6) is 0.606. The van der Waals surface area contributed by atoms with Gasteiger partial charge in [-0.15, -0.1) is 0 Å². The van der Waals surface area contributed by atoms with E-state index < -0.39 is 6.10 Å². The van der Waals surface area contributed by atoms with Crippen molar-refractivity contribution >= 4 is 11.0 Å². The minimum atomic E-state index is -0.720. The molecule has 3 unspecified atom stereocenters. The number of halogens is 1. The summed E-state index contributed by atoms with van der Waals surface area (Å²) in [6.45, 7) is 3.93. The molecular weight excluding hydrogens is 305 g/mol. The summed E-state index contributed by atoms with van der Waals surface area (Å²) in [7, 11) is 1.99. The van der Waals surface area contributed by atoms with Crippen LogP contribution in [0.15, 0.2) is 48.5 Å². The number of benzene rings is 2. The number of rotatable bonds is 5. The summed E-state index contributed by atoms with van der Waals surface area (Å²) in [6, 6.07) is 13.7. The Morgan fingerprint density at radius 3 is 2.42 bits per heavy atom. The van der Waals surface area contributed by atoms with Gasteiger partial charge in [0, 0.05) is 13.1 Å². The van der Waals surface area contributed by atoms with Gasteiger partial charge >= 0.3 is 0 Å². The van der Waals surface area contributed by atoms with Crippen LogP contribution in [-0.4, -0.2) is 20.7 Å². The average Bonchev–Trinajstić information content (AvgIpc) is 2.92. The fourth-order valence-corrected chi connectivity index (χ4v) is 3.06. The third-order valence-corrected chi connectivity index (χ3v) is 4.41. The number of nitrogens with one attached hydrogen (secondary N) is 1. The topological polar surface area (TPSA) is 50.1 Å². The van der Waals surface area contributed by atoms with E-state index in [1.165, 1.54) is 12.1 Å². The molecular formula is C19H22FN3O. The smallest absolute Gasteiger partial charge is 0.126 e. The van der Waals surface area contributed by atoms with Crippen molar-refractivity contribution in [2.24, 2.45) is 7.05 Å². The SMILES string of the molecule is CC(NC(C)C(O)c1ccc(F)cc1)c1nc2ccccc2n1C. The van der Waals surface area contributed by atoms with E-state index in [0.717, 1.165) is 16.9 Å². The van der Waals surface area contributed by atoms with Crippen LogP contribution in [0.25, 0.3) is 11.0 Å². The quantitative estimate of drug-likeness (QED) is 0.754. The van der Waals surface area contributed by atoms with Gasteiger partial charge in [-0.2, -0.15) is 0 Å². The molecule has 2 N–H and O–H groups in total. The minimum Gasteiger partial charge on any atom is -0.387 e. The van der Waals surface area contributed by atoms with Gasteiger partial charge in [0.25, 0.3) is 0 Å². The van der Waals surface area contributed by atoms with Crippen molar-refractivity contribution in [3.63, 3.8) is 0 Å². The van der Waals surface area contributed by atoms with E-state index in [4.69, 9.17) is 0 Å². The number of aryl methyl sites for hydroxylation is 1. The molecule has 24 heavy (non-hydrogen) atoms. The molecule has 0 aliphatic carbocycles. The Hall–Kier alpha value is -2.24. The van der Waals surface area contributed by atoms with E-state index in [9.17, 15) is 9.50 Å². The summed E-state index contributed by atoms with van der Waals surface area (Å²) >= 11 is 0. The molecule has 0 saturated carbocycles. The van der Waals surface area contributed by atoms with E-state index in [0.29, 0.717) is 5.56 Å². The molecule has 0 radical (unpaired) electrons. The standard InChI is InChI=1S/C19H22FN3O/c1-12(18(24)14-8-10-15(20)11-9-14)21-13(2)19-22-16-6-4-5-7-17(16)23(19)3/h4-13,18,21,24H,1-3H3. The summed E-state index contributed by atoms with van der Waals surface area (Å²) in [4.78, 5) is 4.68. The molecule has 0 aliphatic heterocycles. The fourth-order valence-electron chi connectivity index (χ4n) is 3.06. The van der Waals surface area contributed by atoms with Gasteiger partial charge in [0.05, 0.1) is 23.2 Å². The molecule has 0 spiro atoms. The van der Waals surface area contributed by atoms with Crippen LogP contribution in [0.5, 0.6) is 0 Å². The molecule has 0 amide bonds. The highest BCUT2D eigenvalue weighted by Crippen LogP contribution is 2.22. The van der Waals surface area contributed by atoms with E-state index in [2.05, 4.69) is 14.9 Å². The summed E-state index contributed by atoms with van der Waals surface area (Å²) < 4.78 is 15.1. The van der Waals surface area contributed by atoms with Crippen LogP contribution < -0.4 is 5.32 Å². The van der Waals surface area contributed by atoms with Gasteiger partial charge in [-0.25, -0.2) is 9.37 Å². The van der Waals surface area contributed by atoms with Crippen molar-refractivity contribution in [3.8, 4) is 0 Å². The molecule has 1 aromatic heterocycles. The molecule has 5 heteroatoms. The molecule has 3 rings (SSSR count). The van der Waals surface area contributed by atoms with Crippen LogP contribution in [0.1, 0.15) is 37.4 Å². The van der Waals surface area contributed by atoms with Gasteiger partial charge < -0.3 is 15.0 Å². The van der Waals surface area contributed by atoms with Crippen LogP contribution in [0.2, 0.25) is 0 Å². The Balaban J connectivity index is 1.76. The zero-order valence-corrected chi connectivity index (χ0v) is 14.1. The lowest BCUT2D eigenvalue weighted by Crippen LogP contribution is -2.35. The second-order valence-corrected chi connectivity index (χ2v) is 6.19. The van der Waals surface area contributed by atoms with E-state index >= 15 is 0 Å². The van der Waals surface area contributed by atoms with E-state index in [1.54, 1.807) is 12.1 Å². The number of imidazole rings is 1. The summed E-state index contributed by atoms with van der Waals surface area (Å²) in [5, 5.41) is 13.9. The van der Waals surface area contributed by atoms with Gasteiger partial charge in [-0.3, -0.25) is 0 Å². The summed E-state index contributed by atoms with van der Waals surface area (Å²) in [6.07, 6.45) is -0.720. The van der Waals surface area contributed by atoms with Crippen molar-refractivity contribution < 1.29 is 9.50 Å². The molecule has 0 saturated heterocycles. The third-order valence-electron chi connectivity index (χ3n) is 4.41. The second kappa shape index (κ2) is 6.71. The summed E-state index contributed by atoms with van der Waals surface area (Å²) in [5.41, 5.74) is 2.72. The van der Waals surface area contributed by atoms with Crippen LogP contribution in [0, 0.1) is 5.82 Å². The predicted octanol–water partition coefficient (Wildman–Crippen LogP) is 3.49. The van der Waals surface area contributed by atoms with Gasteiger partial charge in [0.2, 0.25) is 0 Å². The number of hydrogen-bond acceptors (Lipinski definition) is 3. The highest BCUT2D eigenvalue weighted by molar-refractivity contribution is 5.75. The number of aliphatic hydroxyl groups is 1. The largest absolute Gasteiger partial charge is 0.387 e. The Bertz CT molecular complexity index is 828. The van der Waals surface area contributed by atoms with Gasteiger partial charge in [0.1, 0.15) is 11.6 Å². The van der Waals surface area contributed by atoms with Gasteiger partial charge in [-0.1, -0.05) is 24.3 Å². The molecule has 3 aromatic rings. The maximum absolute atomic E-state index is 13.0. The molecule has 1 heterocycles. The molecule has 0 bridgehead atoms. The molecule has 3 atom stereocenters. The van der Waals surface area contributed by atoms with Gasteiger partial charge in [0.15, 0.2) is 0 Å². The van der Waals surface area contributed by atoms with Crippen molar-refractivity contribution in [1.82, 2.24) is 14.9 Å². The maximum atomic E-state index is 13.0. The molecule has 0 fully saturated rings. The molecule has 4 nitrogen and oxygen atoms in total. The average molecular weight is 327 g/mol. The minimum absolute atomic E-state index is 0.0347. The molecule has 126 valence electrons. The van der Waals surface area contributed by atoms with Crippen molar-refractivity contribution in [2.45, 2.75) is 32.0 Å². The third kappa shape index (κ3) is 3.18. The van der Waals surface area contributed by atoms with Crippen LogP contribution >= 0.6 is 0 Å².